The fourth-order valence-corrected chi connectivity index (χ4v) is 6.49. The number of nitro benzene ring substituents is 1. The number of amides is 2. The first-order valence-corrected chi connectivity index (χ1v) is 13.1. The molecule has 8 heteroatoms. The molecule has 1 heterocycles. The first-order chi connectivity index (χ1) is 19.5. The standard InChI is InChI=1S/C32H23N3O5/c36-31-29-27-22-8-2-3-9-23(22)28(25-11-5-4-10-24(25)27)30(29)32(37)34(31)33-17-20-7-1-6-12-26(20)40-18-19-13-15-21(16-14-19)35(38)39/h1-17,27-30H,18H2/b33-17-/t27?,28?,29-,30+. The van der Waals surface area contributed by atoms with Crippen LogP contribution in [0.5, 0.6) is 5.75 Å². The van der Waals surface area contributed by atoms with Gasteiger partial charge < -0.3 is 4.74 Å². The summed E-state index contributed by atoms with van der Waals surface area (Å²) in [7, 11) is 0. The molecule has 0 spiro atoms. The number of carbonyl (C=O) groups is 2. The van der Waals surface area contributed by atoms with E-state index in [2.05, 4.69) is 29.4 Å². The van der Waals surface area contributed by atoms with Gasteiger partial charge in [-0.05, 0) is 52.1 Å². The van der Waals surface area contributed by atoms with Crippen molar-refractivity contribution >= 4 is 23.7 Å². The molecular weight excluding hydrogens is 506 g/mol. The second kappa shape index (κ2) is 9.27. The lowest BCUT2D eigenvalue weighted by molar-refractivity contribution is -0.384. The van der Waals surface area contributed by atoms with Crippen LogP contribution in [0.15, 0.2) is 102 Å². The summed E-state index contributed by atoms with van der Waals surface area (Å²) >= 11 is 0. The maximum atomic E-state index is 13.8. The predicted molar refractivity (Wildman–Crippen MR) is 147 cm³/mol. The molecule has 2 atom stereocenters. The molecule has 1 saturated heterocycles. The van der Waals surface area contributed by atoms with Gasteiger partial charge in [0, 0.05) is 29.5 Å². The minimum absolute atomic E-state index is 0.0106. The van der Waals surface area contributed by atoms with E-state index in [4.69, 9.17) is 4.74 Å². The van der Waals surface area contributed by atoms with Gasteiger partial charge in [0.05, 0.1) is 23.0 Å². The van der Waals surface area contributed by atoms with Gasteiger partial charge in [-0.1, -0.05) is 60.7 Å². The van der Waals surface area contributed by atoms with Crippen LogP contribution in [0, 0.1) is 22.0 Å². The number of hydrogen-bond donors (Lipinski definition) is 0. The third-order valence-corrected chi connectivity index (χ3v) is 8.20. The van der Waals surface area contributed by atoms with E-state index >= 15 is 0 Å². The summed E-state index contributed by atoms with van der Waals surface area (Å²) in [5.41, 5.74) is 5.84. The number of imide groups is 1. The van der Waals surface area contributed by atoms with Crippen LogP contribution in [-0.4, -0.2) is 28.0 Å². The van der Waals surface area contributed by atoms with Crippen molar-refractivity contribution in [1.82, 2.24) is 5.01 Å². The highest BCUT2D eigenvalue weighted by molar-refractivity contribution is 6.08. The minimum atomic E-state index is -0.493. The normalized spacial score (nSPS) is 22.2. The summed E-state index contributed by atoms with van der Waals surface area (Å²) in [6.07, 6.45) is 1.49. The van der Waals surface area contributed by atoms with Crippen LogP contribution >= 0.6 is 0 Å². The van der Waals surface area contributed by atoms with Crippen LogP contribution < -0.4 is 4.74 Å². The third-order valence-electron chi connectivity index (χ3n) is 8.20. The average molecular weight is 530 g/mol. The molecule has 0 unspecified atom stereocenters. The molecule has 1 aliphatic heterocycles. The van der Waals surface area contributed by atoms with E-state index in [-0.39, 0.29) is 35.9 Å². The summed E-state index contributed by atoms with van der Waals surface area (Å²) in [5, 5.41) is 16.4. The van der Waals surface area contributed by atoms with Crippen molar-refractivity contribution in [2.75, 3.05) is 0 Å². The molecule has 1 fully saturated rings. The van der Waals surface area contributed by atoms with Crippen LogP contribution in [-0.2, 0) is 16.2 Å². The maximum Gasteiger partial charge on any atom is 0.269 e. The van der Waals surface area contributed by atoms with E-state index < -0.39 is 16.8 Å². The Morgan fingerprint density at radius 2 is 1.25 bits per heavy atom. The first-order valence-electron chi connectivity index (χ1n) is 13.1. The van der Waals surface area contributed by atoms with Crippen molar-refractivity contribution in [1.29, 1.82) is 0 Å². The van der Waals surface area contributed by atoms with Crippen LogP contribution in [0.3, 0.4) is 0 Å². The van der Waals surface area contributed by atoms with Gasteiger partial charge in [0.25, 0.3) is 17.5 Å². The van der Waals surface area contributed by atoms with Crippen molar-refractivity contribution in [3.63, 3.8) is 0 Å². The number of hydrazone groups is 1. The molecule has 0 radical (unpaired) electrons. The summed E-state index contributed by atoms with van der Waals surface area (Å²) in [5.74, 6) is -1.40. The van der Waals surface area contributed by atoms with Gasteiger partial charge >= 0.3 is 0 Å². The second-order valence-electron chi connectivity index (χ2n) is 10.2. The van der Waals surface area contributed by atoms with Crippen molar-refractivity contribution in [2.45, 2.75) is 18.4 Å². The van der Waals surface area contributed by atoms with Crippen molar-refractivity contribution in [3.8, 4) is 5.75 Å². The maximum absolute atomic E-state index is 13.8. The average Bonchev–Trinajstić information content (AvgIpc) is 3.25. The van der Waals surface area contributed by atoms with Crippen LogP contribution in [0.1, 0.15) is 45.2 Å². The van der Waals surface area contributed by atoms with Gasteiger partial charge in [0.15, 0.2) is 0 Å². The monoisotopic (exact) mass is 529 g/mol. The highest BCUT2D eigenvalue weighted by Gasteiger charge is 2.61. The Morgan fingerprint density at radius 1 is 0.750 bits per heavy atom. The lowest BCUT2D eigenvalue weighted by Crippen LogP contribution is -2.41. The first kappa shape index (κ1) is 24.0. The number of ether oxygens (including phenoxy) is 1. The Morgan fingerprint density at radius 3 is 1.77 bits per heavy atom. The lowest BCUT2D eigenvalue weighted by Gasteiger charge is -2.45. The molecule has 0 N–H and O–H groups in total. The minimum Gasteiger partial charge on any atom is -0.488 e. The summed E-state index contributed by atoms with van der Waals surface area (Å²) in [6.45, 7) is 0.189. The molecule has 4 aliphatic rings. The topological polar surface area (TPSA) is 102 Å². The number of benzene rings is 4. The van der Waals surface area contributed by atoms with Gasteiger partial charge in [-0.15, -0.1) is 0 Å². The Labute approximate surface area is 229 Å². The SMILES string of the molecule is O=C1[C@@H]2C3c4ccccc4C(c4ccccc43)[C@@H]2C(=O)N1/N=C\c1ccccc1OCc1ccc([N+](=O)[O-])cc1. The molecule has 40 heavy (non-hydrogen) atoms. The highest BCUT2D eigenvalue weighted by atomic mass is 16.6. The van der Waals surface area contributed by atoms with Gasteiger partial charge in [-0.2, -0.15) is 10.1 Å². The fraction of sp³-hybridized carbons (Fsp3) is 0.156. The van der Waals surface area contributed by atoms with Crippen LogP contribution in [0.2, 0.25) is 0 Å². The van der Waals surface area contributed by atoms with E-state index in [1.54, 1.807) is 24.3 Å². The smallest absolute Gasteiger partial charge is 0.269 e. The zero-order valence-corrected chi connectivity index (χ0v) is 21.2. The molecule has 0 saturated carbocycles. The van der Waals surface area contributed by atoms with E-state index in [0.29, 0.717) is 11.3 Å². The van der Waals surface area contributed by atoms with Crippen molar-refractivity contribution in [2.24, 2.45) is 16.9 Å². The highest BCUT2D eigenvalue weighted by Crippen LogP contribution is 2.60. The van der Waals surface area contributed by atoms with E-state index in [1.165, 1.54) is 18.3 Å². The molecule has 2 amide bonds. The number of carbonyl (C=O) groups excluding carboxylic acids is 2. The van der Waals surface area contributed by atoms with E-state index in [9.17, 15) is 19.7 Å². The molecule has 3 aliphatic carbocycles. The summed E-state index contributed by atoms with van der Waals surface area (Å²) in [4.78, 5) is 38.0. The van der Waals surface area contributed by atoms with Gasteiger partial charge in [0.2, 0.25) is 0 Å². The predicted octanol–water partition coefficient (Wildman–Crippen LogP) is 5.40. The summed E-state index contributed by atoms with van der Waals surface area (Å²) < 4.78 is 5.97. The second-order valence-corrected chi connectivity index (χ2v) is 10.2. The largest absolute Gasteiger partial charge is 0.488 e. The Kier molecular flexibility index (Phi) is 5.55. The molecule has 8 nitrogen and oxygen atoms in total. The Bertz CT molecular complexity index is 1600. The molecule has 8 rings (SSSR count). The van der Waals surface area contributed by atoms with Gasteiger partial charge in [0.1, 0.15) is 12.4 Å². The Balaban J connectivity index is 1.16. The van der Waals surface area contributed by atoms with Crippen molar-refractivity contribution < 1.29 is 19.2 Å². The lowest BCUT2D eigenvalue weighted by atomic mass is 9.55. The molecule has 2 bridgehead atoms. The molecule has 4 aromatic carbocycles. The number of nitro groups is 1. The fourth-order valence-electron chi connectivity index (χ4n) is 6.49. The number of hydrogen-bond acceptors (Lipinski definition) is 6. The molecule has 4 aromatic rings. The molecular formula is C32H23N3O5. The van der Waals surface area contributed by atoms with Gasteiger partial charge in [-0.3, -0.25) is 19.7 Å². The number of non-ortho nitro benzene ring substituents is 1. The number of para-hydroxylation sites is 1. The zero-order chi connectivity index (χ0) is 27.4. The van der Waals surface area contributed by atoms with E-state index in [1.807, 2.05) is 36.4 Å². The quantitative estimate of drug-likeness (QED) is 0.144. The van der Waals surface area contributed by atoms with E-state index in [0.717, 1.165) is 32.8 Å². The van der Waals surface area contributed by atoms with Crippen LogP contribution in [0.4, 0.5) is 5.69 Å². The third kappa shape index (κ3) is 3.64. The van der Waals surface area contributed by atoms with Gasteiger partial charge in [-0.25, -0.2) is 0 Å². The molecule has 196 valence electrons. The molecule has 0 aromatic heterocycles. The van der Waals surface area contributed by atoms with Crippen LogP contribution in [0.25, 0.3) is 0 Å². The van der Waals surface area contributed by atoms with Crippen molar-refractivity contribution in [3.05, 3.63) is 141 Å². The number of nitrogens with zero attached hydrogens (tertiary/aromatic N) is 3. The number of rotatable bonds is 6. The summed E-state index contributed by atoms with van der Waals surface area (Å²) in [6, 6.07) is 29.6. The zero-order valence-electron chi connectivity index (χ0n) is 21.2. The Hall–Kier alpha value is -5.11.